The Balaban J connectivity index is 2.02. The molecule has 0 bridgehead atoms. The standard InChI is InChI=1S/C16H16F3N3O3/c1-15(2)24-13-10(7-11(21-22-20)12(23)14(13)25-15)8-3-5-9(6-4-8)16(17,18)19/h3-7,11-14,23H,1-2H3/t11-,12+,13+,14-/m0/s1. The van der Waals surface area contributed by atoms with Gasteiger partial charge in [0.25, 0.3) is 0 Å². The molecule has 0 aromatic heterocycles. The van der Waals surface area contributed by atoms with Gasteiger partial charge in [-0.05, 0) is 42.6 Å². The number of aliphatic hydroxyl groups is 1. The minimum atomic E-state index is -4.43. The Morgan fingerprint density at radius 1 is 1.20 bits per heavy atom. The van der Waals surface area contributed by atoms with Gasteiger partial charge in [0.2, 0.25) is 0 Å². The Hall–Kier alpha value is -2.06. The Bertz CT molecular complexity index is 739. The summed E-state index contributed by atoms with van der Waals surface area (Å²) in [6.45, 7) is 3.34. The molecule has 0 amide bonds. The van der Waals surface area contributed by atoms with Crippen molar-refractivity contribution in [3.63, 3.8) is 0 Å². The maximum Gasteiger partial charge on any atom is 0.416 e. The zero-order valence-corrected chi connectivity index (χ0v) is 13.4. The summed E-state index contributed by atoms with van der Waals surface area (Å²) in [5, 5.41) is 13.9. The molecule has 3 rings (SSSR count). The number of azide groups is 1. The second-order valence-corrected chi connectivity index (χ2v) is 6.40. The van der Waals surface area contributed by atoms with Crippen molar-refractivity contribution in [2.45, 2.75) is 50.2 Å². The fourth-order valence-electron chi connectivity index (χ4n) is 3.12. The number of alkyl halides is 3. The second kappa shape index (κ2) is 6.03. The predicted octanol–water partition coefficient (Wildman–Crippen LogP) is 3.66. The minimum Gasteiger partial charge on any atom is -0.390 e. The van der Waals surface area contributed by atoms with Crippen LogP contribution in [-0.4, -0.2) is 35.2 Å². The van der Waals surface area contributed by atoms with Crippen molar-refractivity contribution in [1.82, 2.24) is 0 Å². The number of rotatable bonds is 2. The molecule has 1 aromatic carbocycles. The molecule has 9 heteroatoms. The molecule has 1 aliphatic heterocycles. The number of nitrogens with zero attached hydrogens (tertiary/aromatic N) is 3. The van der Waals surface area contributed by atoms with E-state index in [0.29, 0.717) is 11.1 Å². The fourth-order valence-corrected chi connectivity index (χ4v) is 3.12. The third-order valence-electron chi connectivity index (χ3n) is 4.20. The van der Waals surface area contributed by atoms with Gasteiger partial charge >= 0.3 is 6.18 Å². The predicted molar refractivity (Wildman–Crippen MR) is 82.2 cm³/mol. The summed E-state index contributed by atoms with van der Waals surface area (Å²) in [5.74, 6) is -0.980. The van der Waals surface area contributed by atoms with Crippen molar-refractivity contribution in [2.24, 2.45) is 5.11 Å². The largest absolute Gasteiger partial charge is 0.416 e. The zero-order chi connectivity index (χ0) is 18.4. The molecule has 1 saturated heterocycles. The highest BCUT2D eigenvalue weighted by atomic mass is 19.4. The highest BCUT2D eigenvalue weighted by molar-refractivity contribution is 5.72. The maximum atomic E-state index is 12.7. The monoisotopic (exact) mass is 355 g/mol. The first-order valence-corrected chi connectivity index (χ1v) is 7.60. The van der Waals surface area contributed by atoms with Crippen LogP contribution in [0.2, 0.25) is 0 Å². The van der Waals surface area contributed by atoms with Crippen LogP contribution in [-0.2, 0) is 15.7 Å². The number of aliphatic hydroxyl groups excluding tert-OH is 1. The molecule has 0 saturated carbocycles. The van der Waals surface area contributed by atoms with E-state index in [1.807, 2.05) is 0 Å². The molecule has 0 unspecified atom stereocenters. The van der Waals surface area contributed by atoms with E-state index in [-0.39, 0.29) is 0 Å². The van der Waals surface area contributed by atoms with Gasteiger partial charge in [-0.2, -0.15) is 13.2 Å². The molecule has 25 heavy (non-hydrogen) atoms. The summed E-state index contributed by atoms with van der Waals surface area (Å²) in [5.41, 5.74) is 8.92. The van der Waals surface area contributed by atoms with Gasteiger partial charge < -0.3 is 14.6 Å². The quantitative estimate of drug-likeness (QED) is 0.499. The average Bonchev–Trinajstić information content (AvgIpc) is 2.85. The summed E-state index contributed by atoms with van der Waals surface area (Å²) in [6.07, 6.45) is -5.49. The zero-order valence-electron chi connectivity index (χ0n) is 13.4. The minimum absolute atomic E-state index is 0.481. The van der Waals surface area contributed by atoms with Crippen molar-refractivity contribution in [1.29, 1.82) is 0 Å². The number of fused-ring (bicyclic) bond motifs is 1. The molecule has 0 spiro atoms. The van der Waals surface area contributed by atoms with Crippen molar-refractivity contribution in [2.75, 3.05) is 0 Å². The highest BCUT2D eigenvalue weighted by Gasteiger charge is 2.50. The maximum absolute atomic E-state index is 12.7. The lowest BCUT2D eigenvalue weighted by Gasteiger charge is -2.32. The van der Waals surface area contributed by atoms with Crippen LogP contribution in [0.4, 0.5) is 13.2 Å². The molecule has 1 N–H and O–H groups in total. The summed E-state index contributed by atoms with van der Waals surface area (Å²) < 4.78 is 49.7. The summed E-state index contributed by atoms with van der Waals surface area (Å²) >= 11 is 0. The first-order chi connectivity index (χ1) is 11.6. The number of halogens is 3. The molecule has 2 aliphatic rings. The van der Waals surface area contributed by atoms with Crippen molar-refractivity contribution >= 4 is 5.57 Å². The normalized spacial score (nSPS) is 31.0. The Morgan fingerprint density at radius 3 is 2.40 bits per heavy atom. The molecule has 134 valence electrons. The fraction of sp³-hybridized carbons (Fsp3) is 0.500. The Labute approximate surface area is 141 Å². The van der Waals surface area contributed by atoms with E-state index < -0.39 is 41.9 Å². The van der Waals surface area contributed by atoms with Gasteiger partial charge in [-0.15, -0.1) is 0 Å². The molecule has 6 nitrogen and oxygen atoms in total. The van der Waals surface area contributed by atoms with Crippen LogP contribution in [0.25, 0.3) is 16.0 Å². The van der Waals surface area contributed by atoms with Crippen LogP contribution in [0.1, 0.15) is 25.0 Å². The van der Waals surface area contributed by atoms with E-state index in [1.165, 1.54) is 18.2 Å². The van der Waals surface area contributed by atoms with Gasteiger partial charge in [-0.1, -0.05) is 23.3 Å². The summed E-state index contributed by atoms with van der Waals surface area (Å²) in [6, 6.07) is 3.69. The summed E-state index contributed by atoms with van der Waals surface area (Å²) in [4.78, 5) is 2.71. The topological polar surface area (TPSA) is 87.5 Å². The van der Waals surface area contributed by atoms with Gasteiger partial charge in [0.05, 0.1) is 17.7 Å². The molecule has 0 radical (unpaired) electrons. The molecule has 1 aromatic rings. The first kappa shape index (κ1) is 17.8. The van der Waals surface area contributed by atoms with Crippen LogP contribution in [0.5, 0.6) is 0 Å². The lowest BCUT2D eigenvalue weighted by atomic mass is 9.84. The van der Waals surface area contributed by atoms with Gasteiger partial charge in [-0.3, -0.25) is 0 Å². The molecule has 1 aliphatic carbocycles. The Kier molecular flexibility index (Phi) is 4.28. The second-order valence-electron chi connectivity index (χ2n) is 6.40. The Morgan fingerprint density at radius 2 is 1.84 bits per heavy atom. The SMILES string of the molecule is CC1(C)O[C@H]2[C@H](O)[C@@H](N=[N+]=[N-])C=C(c3ccc(C(F)(F)F)cc3)[C@H]2O1. The van der Waals surface area contributed by atoms with Gasteiger partial charge in [0.15, 0.2) is 5.79 Å². The van der Waals surface area contributed by atoms with E-state index in [0.717, 1.165) is 12.1 Å². The van der Waals surface area contributed by atoms with Crippen molar-refractivity contribution in [3.8, 4) is 0 Å². The van der Waals surface area contributed by atoms with Crippen LogP contribution in [0.15, 0.2) is 35.5 Å². The number of hydrogen-bond donors (Lipinski definition) is 1. The molecule has 1 fully saturated rings. The van der Waals surface area contributed by atoms with E-state index in [1.54, 1.807) is 13.8 Å². The molecular formula is C16H16F3N3O3. The van der Waals surface area contributed by atoms with Gasteiger partial charge in [0, 0.05) is 4.91 Å². The van der Waals surface area contributed by atoms with E-state index >= 15 is 0 Å². The number of benzene rings is 1. The smallest absolute Gasteiger partial charge is 0.390 e. The lowest BCUT2D eigenvalue weighted by Crippen LogP contribution is -2.45. The highest BCUT2D eigenvalue weighted by Crippen LogP contribution is 2.42. The van der Waals surface area contributed by atoms with Gasteiger partial charge in [-0.25, -0.2) is 0 Å². The van der Waals surface area contributed by atoms with Crippen molar-refractivity contribution < 1.29 is 27.8 Å². The first-order valence-electron chi connectivity index (χ1n) is 7.60. The third-order valence-corrected chi connectivity index (χ3v) is 4.20. The van der Waals surface area contributed by atoms with Crippen LogP contribution >= 0.6 is 0 Å². The molecular weight excluding hydrogens is 339 g/mol. The van der Waals surface area contributed by atoms with Gasteiger partial charge in [0.1, 0.15) is 12.2 Å². The van der Waals surface area contributed by atoms with Crippen LogP contribution in [0, 0.1) is 0 Å². The third kappa shape index (κ3) is 3.36. The van der Waals surface area contributed by atoms with E-state index in [4.69, 9.17) is 15.0 Å². The molecule has 1 heterocycles. The average molecular weight is 355 g/mol. The van der Waals surface area contributed by atoms with E-state index in [2.05, 4.69) is 10.0 Å². The van der Waals surface area contributed by atoms with Crippen LogP contribution in [0.3, 0.4) is 0 Å². The van der Waals surface area contributed by atoms with Crippen LogP contribution < -0.4 is 0 Å². The lowest BCUT2D eigenvalue weighted by molar-refractivity contribution is -0.152. The number of hydrogen-bond acceptors (Lipinski definition) is 4. The molecule has 4 atom stereocenters. The van der Waals surface area contributed by atoms with E-state index in [9.17, 15) is 18.3 Å². The number of ether oxygens (including phenoxy) is 2. The summed E-state index contributed by atoms with van der Waals surface area (Å²) in [7, 11) is 0. The van der Waals surface area contributed by atoms with Crippen molar-refractivity contribution in [3.05, 3.63) is 51.9 Å².